The van der Waals surface area contributed by atoms with E-state index in [1.165, 1.54) is 7.11 Å². The molecule has 0 aromatic heterocycles. The van der Waals surface area contributed by atoms with Crippen LogP contribution in [0.3, 0.4) is 0 Å². The van der Waals surface area contributed by atoms with Gasteiger partial charge in [0.25, 0.3) is 0 Å². The number of nitrogens with one attached hydrogen (secondary N) is 1. The third-order valence-electron chi connectivity index (χ3n) is 1.55. The highest BCUT2D eigenvalue weighted by Gasteiger charge is 1.97. The molecule has 0 fully saturated rings. The molecular formula is C9H12ClNO2. The standard InChI is InChI=1S/C9H11NO2.ClH/c1-12-9(10)6-7-2-4-8(11)5-3-7;/h2-5,10-11H,6H2,1H3;1H. The van der Waals surface area contributed by atoms with Crippen molar-refractivity contribution in [2.75, 3.05) is 7.11 Å². The molecule has 0 radical (unpaired) electrons. The molecule has 2 N–H and O–H groups in total. The Kier molecular flexibility index (Phi) is 4.92. The number of rotatable bonds is 2. The van der Waals surface area contributed by atoms with Crippen molar-refractivity contribution in [1.29, 1.82) is 5.41 Å². The van der Waals surface area contributed by atoms with E-state index >= 15 is 0 Å². The second-order valence-corrected chi connectivity index (χ2v) is 2.47. The molecule has 0 saturated heterocycles. The maximum Gasteiger partial charge on any atom is 0.184 e. The van der Waals surface area contributed by atoms with E-state index in [2.05, 4.69) is 0 Å². The zero-order chi connectivity index (χ0) is 8.97. The molecule has 0 aliphatic carbocycles. The quantitative estimate of drug-likeness (QED) is 0.568. The van der Waals surface area contributed by atoms with Crippen molar-refractivity contribution in [3.63, 3.8) is 0 Å². The van der Waals surface area contributed by atoms with Gasteiger partial charge in [0, 0.05) is 6.42 Å². The van der Waals surface area contributed by atoms with Crippen LogP contribution in [-0.2, 0) is 11.2 Å². The maximum absolute atomic E-state index is 8.96. The summed E-state index contributed by atoms with van der Waals surface area (Å²) in [4.78, 5) is 0. The van der Waals surface area contributed by atoms with Crippen molar-refractivity contribution in [2.45, 2.75) is 6.42 Å². The van der Waals surface area contributed by atoms with Crippen molar-refractivity contribution < 1.29 is 9.84 Å². The summed E-state index contributed by atoms with van der Waals surface area (Å²) < 4.78 is 4.71. The molecule has 0 bridgehead atoms. The molecule has 0 atom stereocenters. The zero-order valence-corrected chi connectivity index (χ0v) is 8.10. The highest BCUT2D eigenvalue weighted by Crippen LogP contribution is 2.10. The van der Waals surface area contributed by atoms with E-state index < -0.39 is 0 Å². The second kappa shape index (κ2) is 5.43. The van der Waals surface area contributed by atoms with Crippen molar-refractivity contribution in [3.8, 4) is 5.75 Å². The minimum absolute atomic E-state index is 0. The van der Waals surface area contributed by atoms with Gasteiger partial charge >= 0.3 is 0 Å². The van der Waals surface area contributed by atoms with Gasteiger partial charge in [0.15, 0.2) is 5.90 Å². The average Bonchev–Trinajstić information content (AvgIpc) is 2.09. The smallest absolute Gasteiger partial charge is 0.184 e. The number of ether oxygens (including phenoxy) is 1. The van der Waals surface area contributed by atoms with Crippen LogP contribution in [0.2, 0.25) is 0 Å². The first-order chi connectivity index (χ1) is 5.72. The molecule has 13 heavy (non-hydrogen) atoms. The van der Waals surface area contributed by atoms with Gasteiger partial charge in [-0.05, 0) is 17.7 Å². The molecule has 0 saturated carbocycles. The normalized spacial score (nSPS) is 8.69. The lowest BCUT2D eigenvalue weighted by molar-refractivity contribution is 0.390. The van der Waals surface area contributed by atoms with E-state index in [0.29, 0.717) is 6.42 Å². The van der Waals surface area contributed by atoms with Gasteiger partial charge in [-0.15, -0.1) is 12.4 Å². The highest BCUT2D eigenvalue weighted by atomic mass is 35.5. The summed E-state index contributed by atoms with van der Waals surface area (Å²) >= 11 is 0. The molecule has 1 aromatic carbocycles. The number of halogens is 1. The molecule has 0 heterocycles. The van der Waals surface area contributed by atoms with Crippen LogP contribution in [0.4, 0.5) is 0 Å². The van der Waals surface area contributed by atoms with E-state index in [-0.39, 0.29) is 24.1 Å². The number of phenols is 1. The van der Waals surface area contributed by atoms with E-state index in [1.54, 1.807) is 24.3 Å². The van der Waals surface area contributed by atoms with Crippen molar-refractivity contribution >= 4 is 18.3 Å². The van der Waals surface area contributed by atoms with Gasteiger partial charge in [0.1, 0.15) is 5.75 Å². The first-order valence-electron chi connectivity index (χ1n) is 3.61. The molecule has 0 amide bonds. The van der Waals surface area contributed by atoms with Gasteiger partial charge in [-0.25, -0.2) is 0 Å². The van der Waals surface area contributed by atoms with Gasteiger partial charge in [-0.3, -0.25) is 5.41 Å². The number of aromatic hydroxyl groups is 1. The number of hydrogen-bond acceptors (Lipinski definition) is 3. The Morgan fingerprint density at radius 1 is 1.38 bits per heavy atom. The van der Waals surface area contributed by atoms with Gasteiger partial charge in [-0.1, -0.05) is 12.1 Å². The van der Waals surface area contributed by atoms with E-state index in [1.807, 2.05) is 0 Å². The fraction of sp³-hybridized carbons (Fsp3) is 0.222. The lowest BCUT2D eigenvalue weighted by Gasteiger charge is -2.01. The Labute approximate surface area is 83.3 Å². The van der Waals surface area contributed by atoms with Crippen LogP contribution in [0, 0.1) is 5.41 Å². The monoisotopic (exact) mass is 201 g/mol. The van der Waals surface area contributed by atoms with Gasteiger partial charge in [0.05, 0.1) is 7.11 Å². The fourth-order valence-corrected chi connectivity index (χ4v) is 0.871. The average molecular weight is 202 g/mol. The van der Waals surface area contributed by atoms with Crippen LogP contribution < -0.4 is 0 Å². The molecule has 0 unspecified atom stereocenters. The summed E-state index contributed by atoms with van der Waals surface area (Å²) in [6.45, 7) is 0. The fourth-order valence-electron chi connectivity index (χ4n) is 0.871. The van der Waals surface area contributed by atoms with Crippen LogP contribution in [0.1, 0.15) is 5.56 Å². The lowest BCUT2D eigenvalue weighted by atomic mass is 10.1. The predicted molar refractivity (Wildman–Crippen MR) is 53.8 cm³/mol. The molecule has 3 nitrogen and oxygen atoms in total. The second-order valence-electron chi connectivity index (χ2n) is 2.47. The van der Waals surface area contributed by atoms with Gasteiger partial charge in [0.2, 0.25) is 0 Å². The van der Waals surface area contributed by atoms with Crippen LogP contribution in [0.25, 0.3) is 0 Å². The van der Waals surface area contributed by atoms with Crippen LogP contribution >= 0.6 is 12.4 Å². The molecule has 4 heteroatoms. The Hall–Kier alpha value is -1.22. The summed E-state index contributed by atoms with van der Waals surface area (Å²) in [7, 11) is 1.47. The van der Waals surface area contributed by atoms with Crippen LogP contribution in [0.15, 0.2) is 24.3 Å². The summed E-state index contributed by atoms with van der Waals surface area (Å²) in [6.07, 6.45) is 0.469. The first-order valence-corrected chi connectivity index (χ1v) is 3.61. The molecule has 1 aromatic rings. The van der Waals surface area contributed by atoms with Crippen molar-refractivity contribution in [2.24, 2.45) is 0 Å². The topological polar surface area (TPSA) is 53.3 Å². The molecule has 0 spiro atoms. The Balaban J connectivity index is 0.00000144. The molecule has 72 valence electrons. The lowest BCUT2D eigenvalue weighted by Crippen LogP contribution is -2.02. The Morgan fingerprint density at radius 3 is 2.38 bits per heavy atom. The number of hydrogen-bond donors (Lipinski definition) is 2. The van der Waals surface area contributed by atoms with Gasteiger partial charge in [-0.2, -0.15) is 0 Å². The highest BCUT2D eigenvalue weighted by molar-refractivity contribution is 5.85. The molecule has 1 rings (SSSR count). The predicted octanol–water partition coefficient (Wildman–Crippen LogP) is 1.98. The third kappa shape index (κ3) is 3.80. The summed E-state index contributed by atoms with van der Waals surface area (Å²) in [5.74, 6) is 0.461. The Morgan fingerprint density at radius 2 is 1.92 bits per heavy atom. The zero-order valence-electron chi connectivity index (χ0n) is 7.28. The molecule has 0 aliphatic heterocycles. The summed E-state index contributed by atoms with van der Waals surface area (Å²) in [5.41, 5.74) is 0.958. The molecular weight excluding hydrogens is 190 g/mol. The maximum atomic E-state index is 8.96. The van der Waals surface area contributed by atoms with E-state index in [9.17, 15) is 0 Å². The summed E-state index contributed by atoms with van der Waals surface area (Å²) in [5, 5.41) is 16.2. The van der Waals surface area contributed by atoms with Crippen molar-refractivity contribution in [1.82, 2.24) is 0 Å². The summed E-state index contributed by atoms with van der Waals surface area (Å²) in [6, 6.07) is 6.72. The van der Waals surface area contributed by atoms with Crippen LogP contribution in [-0.4, -0.2) is 18.1 Å². The number of phenolic OH excluding ortho intramolecular Hbond substituents is 1. The number of benzene rings is 1. The van der Waals surface area contributed by atoms with Crippen molar-refractivity contribution in [3.05, 3.63) is 29.8 Å². The molecule has 0 aliphatic rings. The van der Waals surface area contributed by atoms with Crippen LogP contribution in [0.5, 0.6) is 5.75 Å². The SMILES string of the molecule is COC(=N)Cc1ccc(O)cc1.Cl. The van der Waals surface area contributed by atoms with E-state index in [0.717, 1.165) is 5.56 Å². The minimum Gasteiger partial charge on any atom is -0.508 e. The first kappa shape index (κ1) is 11.8. The number of methoxy groups -OCH3 is 1. The minimum atomic E-state index is 0. The van der Waals surface area contributed by atoms with Gasteiger partial charge < -0.3 is 9.84 Å². The largest absolute Gasteiger partial charge is 0.508 e. The Bertz CT molecular complexity index is 271. The third-order valence-corrected chi connectivity index (χ3v) is 1.55. The van der Waals surface area contributed by atoms with E-state index in [4.69, 9.17) is 15.3 Å².